The molecular formula is C12H20N2S. The molecular weight excluding hydrogens is 204 g/mol. The van der Waals surface area contributed by atoms with Gasteiger partial charge in [0.1, 0.15) is 5.01 Å². The van der Waals surface area contributed by atoms with Crippen LogP contribution in [0, 0.1) is 11.8 Å². The summed E-state index contributed by atoms with van der Waals surface area (Å²) in [5.41, 5.74) is 6.31. The Hall–Kier alpha value is -0.410. The Morgan fingerprint density at radius 1 is 1.47 bits per heavy atom. The zero-order chi connectivity index (χ0) is 10.9. The van der Waals surface area contributed by atoms with Crippen LogP contribution < -0.4 is 5.73 Å². The van der Waals surface area contributed by atoms with Crippen LogP contribution in [-0.2, 0) is 5.54 Å². The van der Waals surface area contributed by atoms with Crippen LogP contribution in [-0.4, -0.2) is 4.98 Å². The lowest BCUT2D eigenvalue weighted by Crippen LogP contribution is -2.41. The monoisotopic (exact) mass is 224 g/mol. The van der Waals surface area contributed by atoms with Crippen molar-refractivity contribution in [3.63, 3.8) is 0 Å². The minimum Gasteiger partial charge on any atom is -0.319 e. The van der Waals surface area contributed by atoms with Gasteiger partial charge in [-0.15, -0.1) is 11.3 Å². The fourth-order valence-corrected chi connectivity index (χ4v) is 3.32. The molecule has 1 heterocycles. The third kappa shape index (κ3) is 2.23. The molecule has 1 aromatic heterocycles. The van der Waals surface area contributed by atoms with Gasteiger partial charge in [-0.05, 0) is 37.5 Å². The minimum absolute atomic E-state index is 0.125. The molecule has 0 unspecified atom stereocenters. The first-order valence-electron chi connectivity index (χ1n) is 5.81. The summed E-state index contributed by atoms with van der Waals surface area (Å²) in [6, 6.07) is 0. The average Bonchev–Trinajstić information content (AvgIpc) is 2.71. The third-order valence-electron chi connectivity index (χ3n) is 3.72. The SMILES string of the molecule is CC(C)C1CCC(N)(c2nccs2)CC1. The standard InChI is InChI=1S/C12H20N2S/c1-9(2)10-3-5-12(13,6-4-10)11-14-7-8-15-11/h7-10H,3-6,13H2,1-2H3. The van der Waals surface area contributed by atoms with E-state index in [9.17, 15) is 0 Å². The highest BCUT2D eigenvalue weighted by Gasteiger charge is 2.35. The first-order chi connectivity index (χ1) is 7.12. The largest absolute Gasteiger partial charge is 0.319 e. The maximum Gasteiger partial charge on any atom is 0.112 e. The molecule has 3 heteroatoms. The number of nitrogens with two attached hydrogens (primary N) is 1. The number of thiazole rings is 1. The average molecular weight is 224 g/mol. The highest BCUT2D eigenvalue weighted by Crippen LogP contribution is 2.40. The zero-order valence-corrected chi connectivity index (χ0v) is 10.4. The minimum atomic E-state index is -0.125. The molecule has 1 aliphatic carbocycles. The van der Waals surface area contributed by atoms with E-state index in [4.69, 9.17) is 5.73 Å². The van der Waals surface area contributed by atoms with Crippen molar-refractivity contribution in [1.29, 1.82) is 0 Å². The Morgan fingerprint density at radius 2 is 2.13 bits per heavy atom. The van der Waals surface area contributed by atoms with Crippen molar-refractivity contribution in [3.8, 4) is 0 Å². The summed E-state index contributed by atoms with van der Waals surface area (Å²) >= 11 is 1.70. The van der Waals surface area contributed by atoms with Crippen molar-refractivity contribution in [3.05, 3.63) is 16.6 Å². The van der Waals surface area contributed by atoms with Crippen molar-refractivity contribution in [1.82, 2.24) is 4.98 Å². The maximum atomic E-state index is 6.44. The second-order valence-electron chi connectivity index (χ2n) is 5.07. The van der Waals surface area contributed by atoms with Crippen molar-refractivity contribution in [2.45, 2.75) is 45.1 Å². The van der Waals surface area contributed by atoms with E-state index < -0.39 is 0 Å². The van der Waals surface area contributed by atoms with Crippen LogP contribution in [0.1, 0.15) is 44.5 Å². The predicted octanol–water partition coefficient (Wildman–Crippen LogP) is 3.14. The van der Waals surface area contributed by atoms with Gasteiger partial charge in [-0.1, -0.05) is 13.8 Å². The summed E-state index contributed by atoms with van der Waals surface area (Å²) in [5, 5.41) is 3.16. The number of hydrogen-bond donors (Lipinski definition) is 1. The van der Waals surface area contributed by atoms with Gasteiger partial charge in [0.25, 0.3) is 0 Å². The summed E-state index contributed by atoms with van der Waals surface area (Å²) in [6.07, 6.45) is 6.58. The molecule has 2 nitrogen and oxygen atoms in total. The van der Waals surface area contributed by atoms with Crippen molar-refractivity contribution in [2.75, 3.05) is 0 Å². The highest BCUT2D eigenvalue weighted by atomic mass is 32.1. The molecule has 0 spiro atoms. The first kappa shape index (κ1) is 11.1. The van der Waals surface area contributed by atoms with Gasteiger partial charge in [-0.2, -0.15) is 0 Å². The molecule has 1 aliphatic rings. The van der Waals surface area contributed by atoms with Crippen molar-refractivity contribution in [2.24, 2.45) is 17.6 Å². The molecule has 0 amide bonds. The predicted molar refractivity (Wildman–Crippen MR) is 64.8 cm³/mol. The van der Waals surface area contributed by atoms with Gasteiger partial charge in [0.2, 0.25) is 0 Å². The topological polar surface area (TPSA) is 38.9 Å². The number of nitrogens with zero attached hydrogens (tertiary/aromatic N) is 1. The maximum absolute atomic E-state index is 6.44. The molecule has 0 saturated heterocycles. The van der Waals surface area contributed by atoms with Gasteiger partial charge in [0, 0.05) is 11.6 Å². The Labute approximate surface area is 95.9 Å². The molecule has 0 bridgehead atoms. The summed E-state index contributed by atoms with van der Waals surface area (Å²) in [7, 11) is 0. The van der Waals surface area contributed by atoms with Gasteiger partial charge in [-0.25, -0.2) is 4.98 Å². The zero-order valence-electron chi connectivity index (χ0n) is 9.57. The smallest absolute Gasteiger partial charge is 0.112 e. The van der Waals surface area contributed by atoms with E-state index in [0.717, 1.165) is 29.7 Å². The third-order valence-corrected chi connectivity index (χ3v) is 4.72. The molecule has 1 saturated carbocycles. The molecule has 1 fully saturated rings. The van der Waals surface area contributed by atoms with Crippen molar-refractivity contribution < 1.29 is 0 Å². The van der Waals surface area contributed by atoms with Crippen LogP contribution in [0.25, 0.3) is 0 Å². The molecule has 2 rings (SSSR count). The Morgan fingerprint density at radius 3 is 2.60 bits per heavy atom. The lowest BCUT2D eigenvalue weighted by molar-refractivity contribution is 0.195. The summed E-state index contributed by atoms with van der Waals surface area (Å²) in [4.78, 5) is 4.38. The van der Waals surface area contributed by atoms with Gasteiger partial charge in [-0.3, -0.25) is 0 Å². The van der Waals surface area contributed by atoms with E-state index in [1.165, 1.54) is 12.8 Å². The number of aromatic nitrogens is 1. The molecule has 84 valence electrons. The quantitative estimate of drug-likeness (QED) is 0.838. The molecule has 0 aromatic carbocycles. The fourth-order valence-electron chi connectivity index (χ4n) is 2.51. The summed E-state index contributed by atoms with van der Waals surface area (Å²) in [6.45, 7) is 4.63. The normalized spacial score (nSPS) is 32.1. The summed E-state index contributed by atoms with van der Waals surface area (Å²) in [5.74, 6) is 1.66. The number of rotatable bonds is 2. The van der Waals surface area contributed by atoms with Crippen molar-refractivity contribution >= 4 is 11.3 Å². The fraction of sp³-hybridized carbons (Fsp3) is 0.750. The van der Waals surface area contributed by atoms with Gasteiger partial charge >= 0.3 is 0 Å². The molecule has 2 N–H and O–H groups in total. The van der Waals surface area contributed by atoms with Crippen LogP contribution in [0.2, 0.25) is 0 Å². The molecule has 0 radical (unpaired) electrons. The molecule has 0 aliphatic heterocycles. The second kappa shape index (κ2) is 4.22. The molecule has 0 atom stereocenters. The van der Waals surface area contributed by atoms with Crippen LogP contribution in [0.4, 0.5) is 0 Å². The van der Waals surface area contributed by atoms with Crippen LogP contribution in [0.5, 0.6) is 0 Å². The first-order valence-corrected chi connectivity index (χ1v) is 6.68. The van der Waals surface area contributed by atoms with E-state index in [-0.39, 0.29) is 5.54 Å². The highest BCUT2D eigenvalue weighted by molar-refractivity contribution is 7.09. The lowest BCUT2D eigenvalue weighted by Gasteiger charge is -2.37. The van der Waals surface area contributed by atoms with Gasteiger partial charge < -0.3 is 5.73 Å². The van der Waals surface area contributed by atoms with E-state index in [2.05, 4.69) is 18.8 Å². The molecule has 15 heavy (non-hydrogen) atoms. The van der Waals surface area contributed by atoms with E-state index >= 15 is 0 Å². The Kier molecular flexibility index (Phi) is 3.12. The summed E-state index contributed by atoms with van der Waals surface area (Å²) < 4.78 is 0. The van der Waals surface area contributed by atoms with Crippen LogP contribution >= 0.6 is 11.3 Å². The number of hydrogen-bond acceptors (Lipinski definition) is 3. The lowest BCUT2D eigenvalue weighted by atomic mass is 9.73. The van der Waals surface area contributed by atoms with E-state index in [1.54, 1.807) is 11.3 Å². The van der Waals surface area contributed by atoms with E-state index in [0.29, 0.717) is 0 Å². The second-order valence-corrected chi connectivity index (χ2v) is 5.97. The Balaban J connectivity index is 2.03. The Bertz CT molecular complexity index is 297. The van der Waals surface area contributed by atoms with Gasteiger partial charge in [0.15, 0.2) is 0 Å². The van der Waals surface area contributed by atoms with E-state index in [1.807, 2.05) is 11.6 Å². The molecule has 1 aromatic rings. The van der Waals surface area contributed by atoms with Crippen LogP contribution in [0.15, 0.2) is 11.6 Å². The van der Waals surface area contributed by atoms with Gasteiger partial charge in [0.05, 0.1) is 5.54 Å². The van der Waals surface area contributed by atoms with Crippen LogP contribution in [0.3, 0.4) is 0 Å².